The SMILES string of the molecule is CCC(N)Cc1c(F)cccc1N(CC(F)(F)F)C1CC1. The maximum Gasteiger partial charge on any atom is 0.405 e. The van der Waals surface area contributed by atoms with E-state index >= 15 is 0 Å². The van der Waals surface area contributed by atoms with Gasteiger partial charge in [-0.1, -0.05) is 13.0 Å². The van der Waals surface area contributed by atoms with Crippen molar-refractivity contribution in [2.24, 2.45) is 5.73 Å². The quantitative estimate of drug-likeness (QED) is 0.813. The molecule has 1 fully saturated rings. The van der Waals surface area contributed by atoms with Crippen molar-refractivity contribution in [3.8, 4) is 0 Å². The summed E-state index contributed by atoms with van der Waals surface area (Å²) in [6, 6.07) is 3.89. The molecule has 1 aliphatic rings. The van der Waals surface area contributed by atoms with Crippen LogP contribution in [0.2, 0.25) is 0 Å². The number of nitrogens with zero attached hydrogens (tertiary/aromatic N) is 1. The molecule has 1 aromatic rings. The van der Waals surface area contributed by atoms with Crippen molar-refractivity contribution in [1.29, 1.82) is 0 Å². The van der Waals surface area contributed by atoms with Gasteiger partial charge in [-0.05, 0) is 37.8 Å². The average molecular weight is 304 g/mol. The molecule has 2 N–H and O–H groups in total. The Morgan fingerprint density at radius 1 is 1.33 bits per heavy atom. The van der Waals surface area contributed by atoms with Gasteiger partial charge in [-0.15, -0.1) is 0 Å². The van der Waals surface area contributed by atoms with Crippen LogP contribution in [0.5, 0.6) is 0 Å². The number of rotatable bonds is 6. The Hall–Kier alpha value is -1.30. The Labute approximate surface area is 121 Å². The first-order valence-electron chi connectivity index (χ1n) is 7.18. The van der Waals surface area contributed by atoms with Crippen LogP contribution < -0.4 is 10.6 Å². The Morgan fingerprint density at radius 3 is 2.52 bits per heavy atom. The lowest BCUT2D eigenvalue weighted by atomic mass is 10.0. The van der Waals surface area contributed by atoms with Gasteiger partial charge < -0.3 is 10.6 Å². The van der Waals surface area contributed by atoms with Gasteiger partial charge in [0.25, 0.3) is 0 Å². The molecule has 0 bridgehead atoms. The molecule has 0 amide bonds. The van der Waals surface area contributed by atoms with E-state index in [9.17, 15) is 17.6 Å². The molecule has 0 radical (unpaired) electrons. The number of hydrogen-bond acceptors (Lipinski definition) is 2. The summed E-state index contributed by atoms with van der Waals surface area (Å²) in [7, 11) is 0. The van der Waals surface area contributed by atoms with Crippen LogP contribution in [0.4, 0.5) is 23.2 Å². The largest absolute Gasteiger partial charge is 0.405 e. The minimum absolute atomic E-state index is 0.148. The van der Waals surface area contributed by atoms with Gasteiger partial charge in [0.15, 0.2) is 0 Å². The molecule has 0 aromatic heterocycles. The van der Waals surface area contributed by atoms with E-state index in [1.54, 1.807) is 6.07 Å². The van der Waals surface area contributed by atoms with Crippen molar-refractivity contribution < 1.29 is 17.6 Å². The van der Waals surface area contributed by atoms with Gasteiger partial charge in [0.05, 0.1) is 0 Å². The Bertz CT molecular complexity index is 483. The minimum atomic E-state index is -4.31. The Balaban J connectivity index is 2.33. The van der Waals surface area contributed by atoms with Crippen LogP contribution in [0.3, 0.4) is 0 Å². The minimum Gasteiger partial charge on any atom is -0.359 e. The van der Waals surface area contributed by atoms with E-state index in [1.807, 2.05) is 6.92 Å². The van der Waals surface area contributed by atoms with Crippen LogP contribution in [0.15, 0.2) is 18.2 Å². The standard InChI is InChI=1S/C15H20F4N2/c1-2-10(20)8-12-13(16)4-3-5-14(12)21(11-6-7-11)9-15(17,18)19/h3-5,10-11H,2,6-9,20H2,1H3. The van der Waals surface area contributed by atoms with Crippen LogP contribution in [0.1, 0.15) is 31.7 Å². The molecule has 1 aromatic carbocycles. The van der Waals surface area contributed by atoms with Gasteiger partial charge in [0.1, 0.15) is 12.4 Å². The summed E-state index contributed by atoms with van der Waals surface area (Å²) in [5, 5.41) is 0. The maximum atomic E-state index is 14.1. The number of hydrogen-bond donors (Lipinski definition) is 1. The molecular weight excluding hydrogens is 284 g/mol. The zero-order chi connectivity index (χ0) is 15.6. The number of alkyl halides is 3. The fourth-order valence-electron chi connectivity index (χ4n) is 2.42. The lowest BCUT2D eigenvalue weighted by Crippen LogP contribution is -2.37. The Kier molecular flexibility index (Phi) is 4.76. The fraction of sp³-hybridized carbons (Fsp3) is 0.600. The molecule has 118 valence electrons. The molecule has 2 rings (SSSR count). The van der Waals surface area contributed by atoms with Crippen molar-refractivity contribution in [3.05, 3.63) is 29.6 Å². The molecular formula is C15H20F4N2. The number of halogens is 4. The summed E-state index contributed by atoms with van der Waals surface area (Å²) in [5.74, 6) is -0.482. The maximum absolute atomic E-state index is 14.1. The third-order valence-electron chi connectivity index (χ3n) is 3.73. The highest BCUT2D eigenvalue weighted by Crippen LogP contribution is 2.37. The molecule has 0 saturated heterocycles. The monoisotopic (exact) mass is 304 g/mol. The summed E-state index contributed by atoms with van der Waals surface area (Å²) in [5.41, 5.74) is 6.48. The number of nitrogens with two attached hydrogens (primary N) is 1. The molecule has 0 heterocycles. The summed E-state index contributed by atoms with van der Waals surface area (Å²) >= 11 is 0. The molecule has 1 saturated carbocycles. The molecule has 2 nitrogen and oxygen atoms in total. The van der Waals surface area contributed by atoms with E-state index in [4.69, 9.17) is 5.73 Å². The molecule has 1 atom stereocenters. The lowest BCUT2D eigenvalue weighted by molar-refractivity contribution is -0.120. The second-order valence-corrected chi connectivity index (χ2v) is 5.58. The van der Waals surface area contributed by atoms with E-state index in [0.29, 0.717) is 30.5 Å². The molecule has 6 heteroatoms. The first kappa shape index (κ1) is 16.1. The van der Waals surface area contributed by atoms with Crippen LogP contribution in [-0.4, -0.2) is 24.8 Å². The van der Waals surface area contributed by atoms with Crippen LogP contribution in [0, 0.1) is 5.82 Å². The second kappa shape index (κ2) is 6.22. The van der Waals surface area contributed by atoms with Crippen molar-refractivity contribution in [2.75, 3.05) is 11.4 Å². The van der Waals surface area contributed by atoms with Crippen molar-refractivity contribution in [2.45, 2.75) is 50.9 Å². The van der Waals surface area contributed by atoms with Gasteiger partial charge in [0.2, 0.25) is 0 Å². The molecule has 0 spiro atoms. The van der Waals surface area contributed by atoms with Gasteiger partial charge in [0, 0.05) is 23.3 Å². The second-order valence-electron chi connectivity index (χ2n) is 5.58. The van der Waals surface area contributed by atoms with Gasteiger partial charge in [-0.2, -0.15) is 13.2 Å². The average Bonchev–Trinajstić information content (AvgIpc) is 3.21. The molecule has 0 aliphatic heterocycles. The lowest BCUT2D eigenvalue weighted by Gasteiger charge is -2.29. The normalized spacial score (nSPS) is 16.9. The van der Waals surface area contributed by atoms with E-state index in [0.717, 1.165) is 0 Å². The summed E-state index contributed by atoms with van der Waals surface area (Å²) in [6.45, 7) is 0.828. The van der Waals surface area contributed by atoms with Gasteiger partial charge >= 0.3 is 6.18 Å². The predicted octanol–water partition coefficient (Wildman–Crippen LogP) is 3.64. The van der Waals surface area contributed by atoms with Crippen molar-refractivity contribution in [3.63, 3.8) is 0 Å². The third-order valence-corrected chi connectivity index (χ3v) is 3.73. The first-order valence-corrected chi connectivity index (χ1v) is 7.18. The van der Waals surface area contributed by atoms with Crippen LogP contribution >= 0.6 is 0 Å². The van der Waals surface area contributed by atoms with E-state index in [1.165, 1.54) is 17.0 Å². The zero-order valence-corrected chi connectivity index (χ0v) is 12.0. The highest BCUT2D eigenvalue weighted by molar-refractivity contribution is 5.56. The smallest absolute Gasteiger partial charge is 0.359 e. The zero-order valence-electron chi connectivity index (χ0n) is 12.0. The molecule has 1 aliphatic carbocycles. The summed E-state index contributed by atoms with van der Waals surface area (Å²) < 4.78 is 52.4. The summed E-state index contributed by atoms with van der Waals surface area (Å²) in [6.07, 6.45) is -1.98. The predicted molar refractivity (Wildman–Crippen MR) is 74.8 cm³/mol. The number of benzene rings is 1. The van der Waals surface area contributed by atoms with E-state index in [2.05, 4.69) is 0 Å². The highest BCUT2D eigenvalue weighted by atomic mass is 19.4. The summed E-state index contributed by atoms with van der Waals surface area (Å²) in [4.78, 5) is 1.28. The van der Waals surface area contributed by atoms with E-state index in [-0.39, 0.29) is 18.5 Å². The van der Waals surface area contributed by atoms with E-state index < -0.39 is 18.5 Å². The molecule has 21 heavy (non-hydrogen) atoms. The highest BCUT2D eigenvalue weighted by Gasteiger charge is 2.39. The topological polar surface area (TPSA) is 29.3 Å². The van der Waals surface area contributed by atoms with Gasteiger partial charge in [-0.25, -0.2) is 4.39 Å². The first-order chi connectivity index (χ1) is 9.81. The molecule has 1 unspecified atom stereocenters. The number of anilines is 1. The van der Waals surface area contributed by atoms with Crippen LogP contribution in [0.25, 0.3) is 0 Å². The Morgan fingerprint density at radius 2 is 2.00 bits per heavy atom. The fourth-order valence-corrected chi connectivity index (χ4v) is 2.42. The van der Waals surface area contributed by atoms with Gasteiger partial charge in [-0.3, -0.25) is 0 Å². The van der Waals surface area contributed by atoms with Crippen molar-refractivity contribution >= 4 is 5.69 Å². The third kappa shape index (κ3) is 4.33. The van der Waals surface area contributed by atoms with Crippen LogP contribution in [-0.2, 0) is 6.42 Å². The van der Waals surface area contributed by atoms with Crippen molar-refractivity contribution in [1.82, 2.24) is 0 Å².